The van der Waals surface area contributed by atoms with Gasteiger partial charge in [0.2, 0.25) is 0 Å². The molecule has 1 aromatic rings. The Morgan fingerprint density at radius 3 is 2.35 bits per heavy atom. The first-order valence-corrected chi connectivity index (χ1v) is 13.6. The lowest BCUT2D eigenvalue weighted by atomic mass is 10.2. The Hall–Kier alpha value is 0.643. The third kappa shape index (κ3) is 4.35. The summed E-state index contributed by atoms with van der Waals surface area (Å²) in [6.07, 6.45) is 0. The Morgan fingerprint density at radius 2 is 1.82 bits per heavy atom. The first-order valence-electron chi connectivity index (χ1n) is 6.04. The fourth-order valence-corrected chi connectivity index (χ4v) is 4.51. The van der Waals surface area contributed by atoms with Gasteiger partial charge in [0.15, 0.2) is 8.32 Å². The van der Waals surface area contributed by atoms with E-state index < -0.39 is 8.32 Å². The van der Waals surface area contributed by atoms with Gasteiger partial charge in [-0.2, -0.15) is 0 Å². The zero-order valence-electron chi connectivity index (χ0n) is 11.5. The normalized spacial score (nSPS) is 12.4. The van der Waals surface area contributed by atoms with Crippen LogP contribution in [0.2, 0.25) is 18.1 Å². The van der Waals surface area contributed by atoms with Crippen molar-refractivity contribution < 1.29 is 4.43 Å². The highest BCUT2D eigenvalue weighted by Crippen LogP contribution is 2.36. The Bertz CT molecular complexity index is 374. The van der Waals surface area contributed by atoms with Gasteiger partial charge in [0.25, 0.3) is 0 Å². The van der Waals surface area contributed by atoms with E-state index in [-0.39, 0.29) is 23.2 Å². The van der Waals surface area contributed by atoms with Gasteiger partial charge in [0, 0.05) is 0 Å². The second kappa shape index (κ2) is 6.19. The van der Waals surface area contributed by atoms with Crippen LogP contribution in [-0.4, -0.2) is 26.5 Å². The first-order chi connectivity index (χ1) is 7.78. The van der Waals surface area contributed by atoms with E-state index in [1.807, 2.05) is 0 Å². The molecule has 0 N–H and O–H groups in total. The van der Waals surface area contributed by atoms with E-state index in [9.17, 15) is 0 Å². The van der Waals surface area contributed by atoms with E-state index in [1.165, 1.54) is 9.26 Å². The number of hydrogen-bond acceptors (Lipinski definition) is 1. The van der Waals surface area contributed by atoms with Gasteiger partial charge in [-0.15, -0.1) is 3.69 Å². The van der Waals surface area contributed by atoms with Gasteiger partial charge >= 0.3 is 18.2 Å². The van der Waals surface area contributed by atoms with Crippen LogP contribution < -0.4 is 3.69 Å². The lowest BCUT2D eigenvalue weighted by molar-refractivity contribution is 0.277. The van der Waals surface area contributed by atoms with Crippen LogP contribution in [0.3, 0.4) is 0 Å². The second-order valence-electron chi connectivity index (χ2n) is 5.95. The van der Waals surface area contributed by atoms with Crippen LogP contribution in [0.25, 0.3) is 0 Å². The summed E-state index contributed by atoms with van der Waals surface area (Å²) in [4.78, 5) is 0. The fourth-order valence-electron chi connectivity index (χ4n) is 1.30. The molecule has 0 heterocycles. The van der Waals surface area contributed by atoms with Crippen LogP contribution >= 0.6 is 12.9 Å². The molecule has 0 aliphatic rings. The SMILES string of the molecule is CC(C)(C)[Si](C)(C)OCc1cccc[c]1[Mg][Br]. The molecule has 0 spiro atoms. The van der Waals surface area contributed by atoms with Gasteiger partial charge in [0.05, 0.1) is 6.61 Å². The Kier molecular flexibility index (Phi) is 5.72. The molecule has 1 aromatic carbocycles. The predicted octanol–water partition coefficient (Wildman–Crippen LogP) is 3.85. The molecule has 0 aromatic heterocycles. The van der Waals surface area contributed by atoms with Crippen molar-refractivity contribution in [1.82, 2.24) is 0 Å². The third-order valence-corrected chi connectivity index (χ3v) is 10.9. The minimum atomic E-state index is -1.62. The van der Waals surface area contributed by atoms with Crippen molar-refractivity contribution >= 4 is 43.1 Å². The largest absolute Gasteiger partial charge is 0.507 e. The summed E-state index contributed by atoms with van der Waals surface area (Å²) in [5.74, 6) is 0. The zero-order valence-corrected chi connectivity index (χ0v) is 15.5. The quantitative estimate of drug-likeness (QED) is 0.764. The predicted molar refractivity (Wildman–Crippen MR) is 82.7 cm³/mol. The highest BCUT2D eigenvalue weighted by atomic mass is 79.9. The Morgan fingerprint density at radius 1 is 1.24 bits per heavy atom. The Balaban J connectivity index is 2.74. The van der Waals surface area contributed by atoms with Crippen LogP contribution in [0.5, 0.6) is 0 Å². The van der Waals surface area contributed by atoms with Gasteiger partial charge in [-0.25, -0.2) is 0 Å². The third-order valence-electron chi connectivity index (χ3n) is 3.66. The topological polar surface area (TPSA) is 9.23 Å². The molecule has 0 atom stereocenters. The zero-order chi connectivity index (χ0) is 13.1. The van der Waals surface area contributed by atoms with Crippen LogP contribution in [0.4, 0.5) is 0 Å². The van der Waals surface area contributed by atoms with Crippen molar-refractivity contribution in [3.05, 3.63) is 29.8 Å². The van der Waals surface area contributed by atoms with Crippen LogP contribution in [-0.2, 0) is 11.0 Å². The molecule has 17 heavy (non-hydrogen) atoms. The fraction of sp³-hybridized carbons (Fsp3) is 0.538. The van der Waals surface area contributed by atoms with E-state index in [1.54, 1.807) is 0 Å². The minimum Gasteiger partial charge on any atom is -0.413 e. The molecule has 0 unspecified atom stereocenters. The van der Waals surface area contributed by atoms with Crippen LogP contribution in [0.1, 0.15) is 26.3 Å². The summed E-state index contributed by atoms with van der Waals surface area (Å²) in [7, 11) is -1.62. The maximum atomic E-state index is 6.26. The summed E-state index contributed by atoms with van der Waals surface area (Å²) in [5.41, 5.74) is 1.36. The average Bonchev–Trinajstić information content (AvgIpc) is 2.25. The van der Waals surface area contributed by atoms with E-state index >= 15 is 0 Å². The van der Waals surface area contributed by atoms with Crippen molar-refractivity contribution in [3.63, 3.8) is 0 Å². The van der Waals surface area contributed by atoms with Crippen LogP contribution in [0, 0.1) is 0 Å². The summed E-state index contributed by atoms with van der Waals surface area (Å²) >= 11 is 3.37. The average molecular weight is 326 g/mol. The summed E-state index contributed by atoms with van der Waals surface area (Å²) in [5, 5.41) is 0.285. The first kappa shape index (κ1) is 15.7. The van der Waals surface area contributed by atoms with E-state index in [0.717, 1.165) is 6.61 Å². The molecule has 0 aliphatic heterocycles. The molecule has 0 bridgehead atoms. The van der Waals surface area contributed by atoms with Crippen molar-refractivity contribution in [2.75, 3.05) is 0 Å². The maximum Gasteiger partial charge on any atom is 0.507 e. The van der Waals surface area contributed by atoms with Crippen molar-refractivity contribution in [3.8, 4) is 0 Å². The van der Waals surface area contributed by atoms with Crippen molar-refractivity contribution in [2.45, 2.75) is 45.5 Å². The molecule has 0 saturated carbocycles. The smallest absolute Gasteiger partial charge is 0.413 e. The lowest BCUT2D eigenvalue weighted by Gasteiger charge is -2.36. The molecule has 0 saturated heterocycles. The minimum absolute atomic E-state index is 0.285. The molecule has 4 heteroatoms. The van der Waals surface area contributed by atoms with Gasteiger partial charge in [-0.05, 0) is 23.7 Å². The molecule has 1 rings (SSSR count). The highest BCUT2D eigenvalue weighted by Gasteiger charge is 2.37. The van der Waals surface area contributed by atoms with Gasteiger partial charge < -0.3 is 4.43 Å². The monoisotopic (exact) mass is 324 g/mol. The molecule has 0 aliphatic carbocycles. The molecule has 92 valence electrons. The number of halogens is 1. The summed E-state index contributed by atoms with van der Waals surface area (Å²) in [6.45, 7) is 12.2. The Labute approximate surface area is 122 Å². The summed E-state index contributed by atoms with van der Waals surface area (Å²) in [6, 6.07) is 8.62. The van der Waals surface area contributed by atoms with E-state index in [2.05, 4.69) is 71.0 Å². The van der Waals surface area contributed by atoms with E-state index in [0.29, 0.717) is 0 Å². The van der Waals surface area contributed by atoms with Gasteiger partial charge in [0.1, 0.15) is 0 Å². The summed E-state index contributed by atoms with van der Waals surface area (Å²) < 4.78 is 7.73. The molecule has 1 nitrogen and oxygen atoms in total. The molecule has 0 radical (unpaired) electrons. The molecule has 0 amide bonds. The molecular formula is C13H21BrMgOSi. The molecule has 0 fully saturated rings. The molecular weight excluding hydrogens is 304 g/mol. The van der Waals surface area contributed by atoms with Crippen molar-refractivity contribution in [2.24, 2.45) is 0 Å². The highest BCUT2D eigenvalue weighted by molar-refractivity contribution is 9.23. The van der Waals surface area contributed by atoms with Crippen molar-refractivity contribution in [1.29, 1.82) is 0 Å². The number of benzene rings is 1. The standard InChI is InChI=1S/C13H21OSi.BrH.Mg/c1-13(2,3)15(4,5)14-11-12-9-7-6-8-10-12;;/h6-9H,11H2,1-5H3;1H;/q;;+1/p-1. The number of rotatable bonds is 4. The second-order valence-corrected chi connectivity index (χ2v) is 13.5. The van der Waals surface area contributed by atoms with Crippen LogP contribution in [0.15, 0.2) is 24.3 Å². The maximum absolute atomic E-state index is 6.26. The van der Waals surface area contributed by atoms with Gasteiger partial charge in [-0.1, -0.05) is 45.0 Å². The lowest BCUT2D eigenvalue weighted by Crippen LogP contribution is -2.40. The van der Waals surface area contributed by atoms with Gasteiger partial charge in [-0.3, -0.25) is 12.9 Å². The number of hydrogen-bond donors (Lipinski definition) is 0. The van der Waals surface area contributed by atoms with E-state index in [4.69, 9.17) is 4.43 Å².